The van der Waals surface area contributed by atoms with Crippen molar-refractivity contribution in [3.05, 3.63) is 35.4 Å². The van der Waals surface area contributed by atoms with Gasteiger partial charge in [0.1, 0.15) is 4.75 Å². The fourth-order valence-corrected chi connectivity index (χ4v) is 2.12. The Hall–Kier alpha value is -0.540. The average Bonchev–Trinajstić information content (AvgIpc) is 2.02. The van der Waals surface area contributed by atoms with Gasteiger partial charge in [-0.25, -0.2) is 8.42 Å². The van der Waals surface area contributed by atoms with Crippen LogP contribution in [0, 0.1) is 6.92 Å². The Morgan fingerprint density at radius 1 is 1.21 bits per heavy atom. The lowest BCUT2D eigenvalue weighted by Gasteiger charge is -2.23. The Balaban J connectivity index is 3.38. The summed E-state index contributed by atoms with van der Waals surface area (Å²) in [6.45, 7) is 5.09. The fourth-order valence-electron chi connectivity index (χ4n) is 1.38. The quantitative estimate of drug-likeness (QED) is 0.735. The zero-order chi connectivity index (χ0) is 11.0. The summed E-state index contributed by atoms with van der Waals surface area (Å²) in [6.07, 6.45) is 0. The summed E-state index contributed by atoms with van der Waals surface area (Å²) in [5.74, 6) is 0. The Bertz CT molecular complexity index is 435. The maximum absolute atomic E-state index is 11.4. The van der Waals surface area contributed by atoms with Gasteiger partial charge in [0, 0.05) is 10.7 Å². The van der Waals surface area contributed by atoms with Gasteiger partial charge in [-0.1, -0.05) is 24.3 Å². The van der Waals surface area contributed by atoms with Gasteiger partial charge in [-0.3, -0.25) is 0 Å². The molecule has 0 atom stereocenters. The van der Waals surface area contributed by atoms with Crippen molar-refractivity contribution in [2.75, 3.05) is 0 Å². The molecule has 2 nitrogen and oxygen atoms in total. The molecule has 0 aliphatic carbocycles. The van der Waals surface area contributed by atoms with E-state index in [4.69, 9.17) is 10.7 Å². The highest BCUT2D eigenvalue weighted by atomic mass is 35.7. The van der Waals surface area contributed by atoms with Crippen LogP contribution in [0.4, 0.5) is 0 Å². The third kappa shape index (κ3) is 1.93. The molecular weight excluding hydrogens is 220 g/mol. The van der Waals surface area contributed by atoms with Gasteiger partial charge in [0.25, 0.3) is 0 Å². The first-order valence-corrected chi connectivity index (χ1v) is 6.58. The lowest BCUT2D eigenvalue weighted by Crippen LogP contribution is -2.25. The highest BCUT2D eigenvalue weighted by Crippen LogP contribution is 2.34. The molecule has 0 aromatic heterocycles. The molecule has 0 fully saturated rings. The highest BCUT2D eigenvalue weighted by molar-refractivity contribution is 8.14. The van der Waals surface area contributed by atoms with Gasteiger partial charge in [0.2, 0.25) is 9.05 Å². The molecule has 14 heavy (non-hydrogen) atoms. The molecule has 0 spiro atoms. The molecule has 0 N–H and O–H groups in total. The summed E-state index contributed by atoms with van der Waals surface area (Å²) in [4.78, 5) is 0. The van der Waals surface area contributed by atoms with E-state index in [0.29, 0.717) is 0 Å². The third-order valence-corrected chi connectivity index (χ3v) is 5.00. The number of rotatable bonds is 2. The third-order valence-electron chi connectivity index (χ3n) is 2.40. The van der Waals surface area contributed by atoms with E-state index in [-0.39, 0.29) is 0 Å². The second kappa shape index (κ2) is 3.55. The molecule has 4 heteroatoms. The van der Waals surface area contributed by atoms with Crippen molar-refractivity contribution in [1.82, 2.24) is 0 Å². The largest absolute Gasteiger partial charge is 0.241 e. The van der Waals surface area contributed by atoms with Crippen LogP contribution in [0.3, 0.4) is 0 Å². The number of aryl methyl sites for hydroxylation is 1. The molecule has 78 valence electrons. The van der Waals surface area contributed by atoms with E-state index in [9.17, 15) is 8.42 Å². The van der Waals surface area contributed by atoms with Crippen LogP contribution in [-0.2, 0) is 13.8 Å². The summed E-state index contributed by atoms with van der Waals surface area (Å²) in [6, 6.07) is 7.34. The van der Waals surface area contributed by atoms with Gasteiger partial charge >= 0.3 is 0 Å². The van der Waals surface area contributed by atoms with Gasteiger partial charge in [-0.15, -0.1) is 0 Å². The summed E-state index contributed by atoms with van der Waals surface area (Å²) in [7, 11) is 1.80. The Kier molecular flexibility index (Phi) is 2.93. The summed E-state index contributed by atoms with van der Waals surface area (Å²) in [5, 5.41) is 0. The molecule has 0 saturated carbocycles. The molecule has 0 heterocycles. The topological polar surface area (TPSA) is 34.1 Å². The minimum atomic E-state index is -3.61. The van der Waals surface area contributed by atoms with Gasteiger partial charge in [0.05, 0.1) is 0 Å². The maximum atomic E-state index is 11.4. The van der Waals surface area contributed by atoms with Crippen molar-refractivity contribution in [3.8, 4) is 0 Å². The van der Waals surface area contributed by atoms with Crippen LogP contribution >= 0.6 is 10.7 Å². The minimum Gasteiger partial charge on any atom is -0.211 e. The SMILES string of the molecule is Cc1ccccc1C(C)(C)S(=O)(=O)Cl. The Labute approximate surface area is 89.3 Å². The molecule has 1 rings (SSSR count). The van der Waals surface area contributed by atoms with Gasteiger partial charge in [0.15, 0.2) is 0 Å². The van der Waals surface area contributed by atoms with Crippen molar-refractivity contribution in [2.24, 2.45) is 0 Å². The lowest BCUT2D eigenvalue weighted by atomic mass is 9.97. The predicted molar refractivity (Wildman–Crippen MR) is 59.0 cm³/mol. The average molecular weight is 233 g/mol. The van der Waals surface area contributed by atoms with Crippen molar-refractivity contribution >= 4 is 19.7 Å². The highest BCUT2D eigenvalue weighted by Gasteiger charge is 2.35. The van der Waals surface area contributed by atoms with Crippen molar-refractivity contribution < 1.29 is 8.42 Å². The normalized spacial score (nSPS) is 12.9. The number of hydrogen-bond donors (Lipinski definition) is 0. The number of hydrogen-bond acceptors (Lipinski definition) is 2. The standard InChI is InChI=1S/C10H13ClO2S/c1-8-6-4-5-7-9(8)10(2,3)14(11,12)13/h4-7H,1-3H3. The number of benzene rings is 1. The molecular formula is C10H13ClO2S. The fraction of sp³-hybridized carbons (Fsp3) is 0.400. The Morgan fingerprint density at radius 2 is 1.71 bits per heavy atom. The lowest BCUT2D eigenvalue weighted by molar-refractivity contribution is 0.569. The first-order chi connectivity index (χ1) is 6.27. The van der Waals surface area contributed by atoms with Crippen LogP contribution in [0.25, 0.3) is 0 Å². The Morgan fingerprint density at radius 3 is 2.14 bits per heavy atom. The second-order valence-electron chi connectivity index (χ2n) is 3.76. The smallest absolute Gasteiger partial charge is 0.211 e. The van der Waals surface area contributed by atoms with Crippen LogP contribution in [0.1, 0.15) is 25.0 Å². The molecule has 1 aromatic rings. The monoisotopic (exact) mass is 232 g/mol. The van der Waals surface area contributed by atoms with E-state index in [0.717, 1.165) is 11.1 Å². The van der Waals surface area contributed by atoms with E-state index in [2.05, 4.69) is 0 Å². The van der Waals surface area contributed by atoms with Gasteiger partial charge in [-0.05, 0) is 31.9 Å². The van der Waals surface area contributed by atoms with E-state index >= 15 is 0 Å². The van der Waals surface area contributed by atoms with Crippen molar-refractivity contribution in [2.45, 2.75) is 25.5 Å². The summed E-state index contributed by atoms with van der Waals surface area (Å²) < 4.78 is 21.7. The molecule has 0 unspecified atom stereocenters. The van der Waals surface area contributed by atoms with E-state index in [1.165, 1.54) is 0 Å². The van der Waals surface area contributed by atoms with Crippen LogP contribution in [0.5, 0.6) is 0 Å². The van der Waals surface area contributed by atoms with E-state index in [1.54, 1.807) is 19.9 Å². The molecule has 0 saturated heterocycles. The maximum Gasteiger partial charge on any atom is 0.241 e. The summed E-state index contributed by atoms with van der Waals surface area (Å²) >= 11 is 0. The summed E-state index contributed by atoms with van der Waals surface area (Å²) in [5.41, 5.74) is 1.68. The van der Waals surface area contributed by atoms with Crippen LogP contribution in [0.2, 0.25) is 0 Å². The zero-order valence-corrected chi connectivity index (χ0v) is 9.98. The second-order valence-corrected chi connectivity index (χ2v) is 6.88. The van der Waals surface area contributed by atoms with Crippen LogP contribution in [0.15, 0.2) is 24.3 Å². The molecule has 0 amide bonds. The molecule has 1 aromatic carbocycles. The van der Waals surface area contributed by atoms with E-state index in [1.807, 2.05) is 25.1 Å². The molecule has 0 bridgehead atoms. The zero-order valence-electron chi connectivity index (χ0n) is 8.41. The van der Waals surface area contributed by atoms with Crippen LogP contribution < -0.4 is 0 Å². The van der Waals surface area contributed by atoms with Crippen LogP contribution in [-0.4, -0.2) is 8.42 Å². The predicted octanol–water partition coefficient (Wildman–Crippen LogP) is 2.80. The minimum absolute atomic E-state index is 0.745. The van der Waals surface area contributed by atoms with E-state index < -0.39 is 13.8 Å². The van der Waals surface area contributed by atoms with Crippen molar-refractivity contribution in [1.29, 1.82) is 0 Å². The molecule has 0 radical (unpaired) electrons. The van der Waals surface area contributed by atoms with Gasteiger partial charge in [-0.2, -0.15) is 0 Å². The first-order valence-electron chi connectivity index (χ1n) is 4.27. The molecule has 0 aliphatic heterocycles. The first kappa shape index (κ1) is 11.5. The molecule has 0 aliphatic rings. The van der Waals surface area contributed by atoms with Crippen molar-refractivity contribution in [3.63, 3.8) is 0 Å². The van der Waals surface area contributed by atoms with Gasteiger partial charge < -0.3 is 0 Å². The number of halogens is 1.